The van der Waals surface area contributed by atoms with Crippen LogP contribution in [0, 0.1) is 19.8 Å². The zero-order valence-electron chi connectivity index (χ0n) is 15.9. The summed E-state index contributed by atoms with van der Waals surface area (Å²) in [5.74, 6) is 0.523. The molecule has 0 spiro atoms. The smallest absolute Gasteiger partial charge is 0.178 e. The third kappa shape index (κ3) is 3.83. The van der Waals surface area contributed by atoms with E-state index in [9.17, 15) is 9.90 Å². The molecule has 3 rings (SSSR count). The minimum absolute atomic E-state index is 0.193. The molecule has 1 saturated heterocycles. The third-order valence-corrected chi connectivity index (χ3v) is 6.27. The van der Waals surface area contributed by atoms with Crippen LogP contribution in [-0.4, -0.2) is 59.3 Å². The molecular weight excluding hydrogens is 316 g/mol. The highest BCUT2D eigenvalue weighted by Crippen LogP contribution is 2.39. The highest BCUT2D eigenvalue weighted by Gasteiger charge is 2.42. The summed E-state index contributed by atoms with van der Waals surface area (Å²) < 4.78 is 7.33. The molecular formula is C20H32N2O3. The zero-order valence-corrected chi connectivity index (χ0v) is 15.9. The molecule has 2 heterocycles. The van der Waals surface area contributed by atoms with E-state index in [0.717, 1.165) is 62.3 Å². The number of carbonyl (C=O) groups excluding carboxylic acids is 1. The van der Waals surface area contributed by atoms with Gasteiger partial charge in [0.15, 0.2) is 5.78 Å². The number of ketones is 1. The molecule has 5 nitrogen and oxygen atoms in total. The highest BCUT2D eigenvalue weighted by atomic mass is 16.5. The summed E-state index contributed by atoms with van der Waals surface area (Å²) in [5, 5.41) is 10.8. The Morgan fingerprint density at radius 1 is 1.36 bits per heavy atom. The molecule has 1 aliphatic heterocycles. The second-order valence-electron chi connectivity index (χ2n) is 7.88. The van der Waals surface area contributed by atoms with E-state index >= 15 is 0 Å². The molecule has 2 atom stereocenters. The Balaban J connectivity index is 1.65. The second kappa shape index (κ2) is 7.60. The van der Waals surface area contributed by atoms with Crippen LogP contribution in [0.4, 0.5) is 0 Å². The number of rotatable bonds is 6. The minimum atomic E-state index is -0.478. The maximum atomic E-state index is 12.9. The van der Waals surface area contributed by atoms with Gasteiger partial charge in [-0.1, -0.05) is 12.8 Å². The number of piperidine rings is 1. The van der Waals surface area contributed by atoms with Crippen LogP contribution < -0.4 is 0 Å². The summed E-state index contributed by atoms with van der Waals surface area (Å²) in [7, 11) is 1.70. The lowest BCUT2D eigenvalue weighted by atomic mass is 9.71. The summed E-state index contributed by atoms with van der Waals surface area (Å²) in [6, 6.07) is 2.01. The van der Waals surface area contributed by atoms with Crippen molar-refractivity contribution in [2.75, 3.05) is 33.4 Å². The number of fused-ring (bicyclic) bond motifs is 1. The fourth-order valence-electron chi connectivity index (χ4n) is 4.68. The quantitative estimate of drug-likeness (QED) is 0.803. The van der Waals surface area contributed by atoms with Gasteiger partial charge in [0, 0.05) is 49.6 Å². The van der Waals surface area contributed by atoms with Crippen molar-refractivity contribution in [3.05, 3.63) is 23.0 Å². The minimum Gasteiger partial charge on any atom is -0.390 e. The van der Waals surface area contributed by atoms with Gasteiger partial charge in [-0.15, -0.1) is 0 Å². The maximum absolute atomic E-state index is 12.9. The Morgan fingerprint density at radius 3 is 2.92 bits per heavy atom. The van der Waals surface area contributed by atoms with Gasteiger partial charge in [0.25, 0.3) is 0 Å². The van der Waals surface area contributed by atoms with Gasteiger partial charge in [-0.25, -0.2) is 0 Å². The predicted octanol–water partition coefficient (Wildman–Crippen LogP) is 2.56. The van der Waals surface area contributed by atoms with Crippen molar-refractivity contribution < 1.29 is 14.6 Å². The van der Waals surface area contributed by atoms with E-state index in [4.69, 9.17) is 4.74 Å². The maximum Gasteiger partial charge on any atom is 0.178 e. The van der Waals surface area contributed by atoms with Crippen LogP contribution in [-0.2, 0) is 11.3 Å². The number of aromatic nitrogens is 1. The first-order valence-electron chi connectivity index (χ1n) is 9.58. The first-order chi connectivity index (χ1) is 11.9. The molecule has 1 aromatic rings. The van der Waals surface area contributed by atoms with Crippen LogP contribution >= 0.6 is 0 Å². The van der Waals surface area contributed by atoms with Crippen LogP contribution in [0.15, 0.2) is 6.07 Å². The van der Waals surface area contributed by atoms with E-state index in [1.165, 1.54) is 6.42 Å². The molecule has 2 aliphatic rings. The summed E-state index contributed by atoms with van der Waals surface area (Å²) in [6.07, 6.45) is 5.17. The number of methoxy groups -OCH3 is 1. The van der Waals surface area contributed by atoms with Crippen molar-refractivity contribution >= 4 is 5.78 Å². The van der Waals surface area contributed by atoms with Crippen LogP contribution in [0.3, 0.4) is 0 Å². The van der Waals surface area contributed by atoms with Crippen molar-refractivity contribution in [1.82, 2.24) is 9.47 Å². The number of carbonyl (C=O) groups is 1. The normalized spacial score (nSPS) is 27.3. The molecule has 1 aromatic heterocycles. The number of ether oxygens (including phenoxy) is 1. The molecule has 140 valence electrons. The van der Waals surface area contributed by atoms with Crippen LogP contribution in [0.5, 0.6) is 0 Å². The Labute approximate surface area is 151 Å². The SMILES string of the molecule is COCCn1c(C)cc(C(=O)CN2CC[C@]3(O)CCCC[C@H]3C2)c1C. The lowest BCUT2D eigenvalue weighted by Gasteiger charge is -2.47. The van der Waals surface area contributed by atoms with Gasteiger partial charge in [-0.3, -0.25) is 9.69 Å². The molecule has 5 heteroatoms. The molecule has 1 aliphatic carbocycles. The van der Waals surface area contributed by atoms with Crippen LogP contribution in [0.1, 0.15) is 53.8 Å². The van der Waals surface area contributed by atoms with Crippen molar-refractivity contribution in [1.29, 1.82) is 0 Å². The van der Waals surface area contributed by atoms with Crippen LogP contribution in [0.2, 0.25) is 0 Å². The number of Topliss-reactive ketones (excluding diaryl/α,β-unsaturated/α-hetero) is 1. The lowest BCUT2D eigenvalue weighted by Crippen LogP contribution is -2.54. The molecule has 25 heavy (non-hydrogen) atoms. The summed E-state index contributed by atoms with van der Waals surface area (Å²) >= 11 is 0. The van der Waals surface area contributed by atoms with Crippen molar-refractivity contribution in [3.63, 3.8) is 0 Å². The first kappa shape index (κ1) is 18.6. The molecule has 0 bridgehead atoms. The van der Waals surface area contributed by atoms with Crippen molar-refractivity contribution in [3.8, 4) is 0 Å². The van der Waals surface area contributed by atoms with Gasteiger partial charge in [0.2, 0.25) is 0 Å². The Hall–Kier alpha value is -1.17. The number of hydrogen-bond donors (Lipinski definition) is 1. The number of nitrogens with zero attached hydrogens (tertiary/aromatic N) is 2. The monoisotopic (exact) mass is 348 g/mol. The van der Waals surface area contributed by atoms with Gasteiger partial charge >= 0.3 is 0 Å². The number of likely N-dealkylation sites (tertiary alicyclic amines) is 1. The standard InChI is InChI=1S/C20H32N2O3/c1-15-12-18(16(2)22(15)10-11-25-3)19(23)14-21-9-8-20(24)7-5-4-6-17(20)13-21/h12,17,24H,4-11,13-14H2,1-3H3/t17-,20+/m0/s1. The fourth-order valence-corrected chi connectivity index (χ4v) is 4.68. The van der Waals surface area contributed by atoms with Gasteiger partial charge in [0.1, 0.15) is 0 Å². The van der Waals surface area contributed by atoms with E-state index in [1.54, 1.807) is 7.11 Å². The van der Waals surface area contributed by atoms with Gasteiger partial charge in [0.05, 0.1) is 18.8 Å². The van der Waals surface area contributed by atoms with E-state index in [0.29, 0.717) is 19.1 Å². The van der Waals surface area contributed by atoms with Crippen LogP contribution in [0.25, 0.3) is 0 Å². The van der Waals surface area contributed by atoms with Gasteiger partial charge in [-0.05, 0) is 39.2 Å². The first-order valence-corrected chi connectivity index (χ1v) is 9.58. The predicted molar refractivity (Wildman–Crippen MR) is 98.1 cm³/mol. The molecule has 1 saturated carbocycles. The Bertz CT molecular complexity index is 625. The highest BCUT2D eigenvalue weighted by molar-refractivity contribution is 5.99. The number of hydrogen-bond acceptors (Lipinski definition) is 4. The molecule has 0 unspecified atom stereocenters. The van der Waals surface area contributed by atoms with Gasteiger partial charge < -0.3 is 14.4 Å². The third-order valence-electron chi connectivity index (χ3n) is 6.27. The molecule has 1 N–H and O–H groups in total. The average Bonchev–Trinajstić information content (AvgIpc) is 2.87. The van der Waals surface area contributed by atoms with E-state index in [-0.39, 0.29) is 5.78 Å². The molecule has 0 amide bonds. The van der Waals surface area contributed by atoms with Gasteiger partial charge in [-0.2, -0.15) is 0 Å². The summed E-state index contributed by atoms with van der Waals surface area (Å²) in [6.45, 7) is 7.62. The number of aryl methyl sites for hydroxylation is 1. The average molecular weight is 348 g/mol. The molecule has 0 radical (unpaired) electrons. The van der Waals surface area contributed by atoms with E-state index in [2.05, 4.69) is 9.47 Å². The van der Waals surface area contributed by atoms with E-state index < -0.39 is 5.60 Å². The largest absolute Gasteiger partial charge is 0.390 e. The molecule has 2 fully saturated rings. The molecule has 0 aromatic carbocycles. The summed E-state index contributed by atoms with van der Waals surface area (Å²) in [5.41, 5.74) is 2.50. The van der Waals surface area contributed by atoms with E-state index in [1.807, 2.05) is 19.9 Å². The summed E-state index contributed by atoms with van der Waals surface area (Å²) in [4.78, 5) is 15.1. The topological polar surface area (TPSA) is 54.7 Å². The van der Waals surface area contributed by atoms with Crippen molar-refractivity contribution in [2.45, 2.75) is 58.1 Å². The number of aliphatic hydroxyl groups is 1. The Kier molecular flexibility index (Phi) is 5.66. The lowest BCUT2D eigenvalue weighted by molar-refractivity contribution is -0.0936. The van der Waals surface area contributed by atoms with Crippen molar-refractivity contribution in [2.24, 2.45) is 5.92 Å². The second-order valence-corrected chi connectivity index (χ2v) is 7.88. The fraction of sp³-hybridized carbons (Fsp3) is 0.750. The Morgan fingerprint density at radius 2 is 2.16 bits per heavy atom. The zero-order chi connectivity index (χ0) is 18.0.